The highest BCUT2D eigenvalue weighted by atomic mass is 16.5. The molecule has 1 fully saturated rings. The fourth-order valence-electron chi connectivity index (χ4n) is 3.72. The lowest BCUT2D eigenvalue weighted by Gasteiger charge is -2.26. The van der Waals surface area contributed by atoms with Crippen LogP contribution in [0.1, 0.15) is 34.3 Å². The summed E-state index contributed by atoms with van der Waals surface area (Å²) in [5.41, 5.74) is 3.25. The molecule has 0 saturated heterocycles. The molecule has 28 heavy (non-hydrogen) atoms. The van der Waals surface area contributed by atoms with Crippen LogP contribution < -0.4 is 15.0 Å². The highest BCUT2D eigenvalue weighted by Crippen LogP contribution is 2.50. The van der Waals surface area contributed by atoms with Crippen molar-refractivity contribution in [2.45, 2.75) is 24.8 Å². The molecule has 146 valence electrons. The lowest BCUT2D eigenvalue weighted by Crippen LogP contribution is -2.40. The molecular weight excluding hydrogens is 360 g/mol. The maximum absolute atomic E-state index is 13.4. The number of carbonyl (C=O) groups is 2. The van der Waals surface area contributed by atoms with Crippen LogP contribution >= 0.6 is 0 Å². The van der Waals surface area contributed by atoms with Crippen molar-refractivity contribution >= 4 is 11.8 Å². The van der Waals surface area contributed by atoms with Crippen molar-refractivity contribution in [1.29, 1.82) is 0 Å². The summed E-state index contributed by atoms with van der Waals surface area (Å²) in [4.78, 5) is 26.8. The van der Waals surface area contributed by atoms with Gasteiger partial charge in [-0.1, -0.05) is 18.2 Å². The molecule has 0 bridgehead atoms. The first-order chi connectivity index (χ1) is 13.6. The molecule has 2 aliphatic rings. The van der Waals surface area contributed by atoms with Crippen molar-refractivity contribution in [3.8, 4) is 11.5 Å². The van der Waals surface area contributed by atoms with E-state index in [0.29, 0.717) is 31.0 Å². The molecular formula is C21H22N2O5. The van der Waals surface area contributed by atoms with Crippen LogP contribution in [0.25, 0.3) is 0 Å². The summed E-state index contributed by atoms with van der Waals surface area (Å²) in [6.07, 6.45) is 1.64. The number of benzene rings is 2. The van der Waals surface area contributed by atoms with Gasteiger partial charge in [-0.2, -0.15) is 0 Å². The van der Waals surface area contributed by atoms with E-state index < -0.39 is 11.3 Å². The van der Waals surface area contributed by atoms with E-state index in [2.05, 4.69) is 0 Å². The molecule has 0 aromatic heterocycles. The van der Waals surface area contributed by atoms with E-state index in [1.54, 1.807) is 30.8 Å². The predicted octanol–water partition coefficient (Wildman–Crippen LogP) is 2.27. The lowest BCUT2D eigenvalue weighted by molar-refractivity contribution is -0.134. The summed E-state index contributed by atoms with van der Waals surface area (Å²) in [7, 11) is 1.62. The molecule has 2 aromatic rings. The molecule has 1 aliphatic heterocycles. The van der Waals surface area contributed by atoms with Crippen molar-refractivity contribution in [3.05, 3.63) is 59.2 Å². The van der Waals surface area contributed by atoms with E-state index >= 15 is 0 Å². The molecule has 0 spiro atoms. The van der Waals surface area contributed by atoms with Gasteiger partial charge in [0.05, 0.1) is 19.1 Å². The van der Waals surface area contributed by atoms with Crippen molar-refractivity contribution in [1.82, 2.24) is 10.4 Å². The summed E-state index contributed by atoms with van der Waals surface area (Å²) < 4.78 is 11.1. The third kappa shape index (κ3) is 3.18. The first kappa shape index (κ1) is 18.3. The normalized spacial score (nSPS) is 17.0. The van der Waals surface area contributed by atoms with E-state index in [-0.39, 0.29) is 5.91 Å². The van der Waals surface area contributed by atoms with Crippen LogP contribution in [0.15, 0.2) is 42.5 Å². The molecule has 0 atom stereocenters. The van der Waals surface area contributed by atoms with Crippen LogP contribution in [0.4, 0.5) is 0 Å². The van der Waals surface area contributed by atoms with Crippen LogP contribution in [0, 0.1) is 0 Å². The van der Waals surface area contributed by atoms with E-state index in [0.717, 1.165) is 29.7 Å². The Kier molecular flexibility index (Phi) is 4.68. The predicted molar refractivity (Wildman–Crippen MR) is 101 cm³/mol. The standard InChI is InChI=1S/C21H22N2O5/c1-27-17-4-2-3-16(12-17)21(7-8-21)20(25)23-9-10-28-18-11-14(19(24)22-26)5-6-15(18)13-23/h2-6,11-12,26H,7-10,13H2,1H3,(H,22,24). The van der Waals surface area contributed by atoms with Crippen molar-refractivity contribution in [3.63, 3.8) is 0 Å². The Labute approximate surface area is 162 Å². The third-order valence-electron chi connectivity index (χ3n) is 5.48. The molecule has 4 rings (SSSR count). The van der Waals surface area contributed by atoms with Gasteiger partial charge in [0, 0.05) is 17.7 Å². The topological polar surface area (TPSA) is 88.1 Å². The van der Waals surface area contributed by atoms with Gasteiger partial charge in [0.15, 0.2) is 0 Å². The van der Waals surface area contributed by atoms with Crippen LogP contribution in [0.3, 0.4) is 0 Å². The summed E-state index contributed by atoms with van der Waals surface area (Å²) >= 11 is 0. The second-order valence-electron chi connectivity index (χ2n) is 7.15. The molecule has 2 amide bonds. The highest BCUT2D eigenvalue weighted by molar-refractivity contribution is 5.94. The zero-order valence-corrected chi connectivity index (χ0v) is 15.6. The Morgan fingerprint density at radius 1 is 1.21 bits per heavy atom. The van der Waals surface area contributed by atoms with Crippen LogP contribution in [-0.4, -0.2) is 42.2 Å². The summed E-state index contributed by atoms with van der Waals surface area (Å²) in [6, 6.07) is 12.7. The van der Waals surface area contributed by atoms with Crippen molar-refractivity contribution < 1.29 is 24.3 Å². The van der Waals surface area contributed by atoms with Gasteiger partial charge in [-0.15, -0.1) is 0 Å². The van der Waals surface area contributed by atoms with Gasteiger partial charge < -0.3 is 14.4 Å². The summed E-state index contributed by atoms with van der Waals surface area (Å²) in [5.74, 6) is 0.798. The number of hydrogen-bond donors (Lipinski definition) is 2. The van der Waals surface area contributed by atoms with Gasteiger partial charge in [0.1, 0.15) is 18.1 Å². The number of methoxy groups -OCH3 is 1. The maximum atomic E-state index is 13.4. The molecule has 7 heteroatoms. The molecule has 0 unspecified atom stereocenters. The smallest absolute Gasteiger partial charge is 0.274 e. The lowest BCUT2D eigenvalue weighted by atomic mass is 9.93. The molecule has 1 heterocycles. The van der Waals surface area contributed by atoms with Gasteiger partial charge >= 0.3 is 0 Å². The quantitative estimate of drug-likeness (QED) is 0.626. The van der Waals surface area contributed by atoms with E-state index in [1.807, 2.05) is 29.2 Å². The Balaban J connectivity index is 1.58. The van der Waals surface area contributed by atoms with Gasteiger partial charge in [-0.25, -0.2) is 5.48 Å². The Hall–Kier alpha value is -3.06. The molecule has 1 saturated carbocycles. The Bertz CT molecular complexity index is 923. The second-order valence-corrected chi connectivity index (χ2v) is 7.15. The fraction of sp³-hybridized carbons (Fsp3) is 0.333. The van der Waals surface area contributed by atoms with Gasteiger partial charge in [-0.05, 0) is 42.7 Å². The number of ether oxygens (including phenoxy) is 2. The third-order valence-corrected chi connectivity index (χ3v) is 5.48. The number of hydroxylamine groups is 1. The number of nitrogens with one attached hydrogen (secondary N) is 1. The minimum absolute atomic E-state index is 0.0920. The number of hydrogen-bond acceptors (Lipinski definition) is 5. The van der Waals surface area contributed by atoms with E-state index in [4.69, 9.17) is 14.7 Å². The number of rotatable bonds is 4. The summed E-state index contributed by atoms with van der Waals surface area (Å²) in [6.45, 7) is 1.23. The second kappa shape index (κ2) is 7.16. The zero-order valence-electron chi connectivity index (χ0n) is 15.6. The van der Waals surface area contributed by atoms with Gasteiger partial charge in [0.2, 0.25) is 5.91 Å². The number of amides is 2. The fourth-order valence-corrected chi connectivity index (χ4v) is 3.72. The Morgan fingerprint density at radius 2 is 2.04 bits per heavy atom. The number of nitrogens with zero attached hydrogens (tertiary/aromatic N) is 1. The number of carbonyl (C=O) groups excluding carboxylic acids is 2. The molecule has 0 radical (unpaired) electrons. The monoisotopic (exact) mass is 382 g/mol. The Morgan fingerprint density at radius 3 is 2.75 bits per heavy atom. The number of fused-ring (bicyclic) bond motifs is 1. The average Bonchev–Trinajstić information content (AvgIpc) is 3.56. The summed E-state index contributed by atoms with van der Waals surface area (Å²) in [5, 5.41) is 8.80. The average molecular weight is 382 g/mol. The van der Waals surface area contributed by atoms with Crippen molar-refractivity contribution in [2.75, 3.05) is 20.3 Å². The van der Waals surface area contributed by atoms with Crippen LogP contribution in [-0.2, 0) is 16.8 Å². The minimum atomic E-state index is -0.599. The zero-order chi connectivity index (χ0) is 19.7. The molecule has 2 aromatic carbocycles. The molecule has 2 N–H and O–H groups in total. The maximum Gasteiger partial charge on any atom is 0.274 e. The van der Waals surface area contributed by atoms with Crippen LogP contribution in [0.5, 0.6) is 11.5 Å². The van der Waals surface area contributed by atoms with Crippen molar-refractivity contribution in [2.24, 2.45) is 0 Å². The van der Waals surface area contributed by atoms with Crippen LogP contribution in [0.2, 0.25) is 0 Å². The van der Waals surface area contributed by atoms with Gasteiger partial charge in [-0.3, -0.25) is 14.8 Å². The highest BCUT2D eigenvalue weighted by Gasteiger charge is 2.53. The molecule has 1 aliphatic carbocycles. The molecule has 7 nitrogen and oxygen atoms in total. The first-order valence-electron chi connectivity index (χ1n) is 9.21. The van der Waals surface area contributed by atoms with Gasteiger partial charge in [0.25, 0.3) is 5.91 Å². The largest absolute Gasteiger partial charge is 0.497 e. The SMILES string of the molecule is COc1cccc(C2(C(=O)N3CCOc4cc(C(=O)NO)ccc4C3)CC2)c1. The van der Waals surface area contributed by atoms with E-state index in [1.165, 1.54) is 0 Å². The first-order valence-corrected chi connectivity index (χ1v) is 9.21. The van der Waals surface area contributed by atoms with E-state index in [9.17, 15) is 9.59 Å². The minimum Gasteiger partial charge on any atom is -0.497 e.